The molecule has 0 spiro atoms. The van der Waals surface area contributed by atoms with Crippen LogP contribution < -0.4 is 4.74 Å². The minimum Gasteiger partial charge on any atom is -0.473 e. The van der Waals surface area contributed by atoms with E-state index in [1.54, 1.807) is 24.3 Å². The second-order valence-corrected chi connectivity index (χ2v) is 10.7. The number of halogens is 3. The van der Waals surface area contributed by atoms with Crippen LogP contribution in [0.4, 0.5) is 13.2 Å². The summed E-state index contributed by atoms with van der Waals surface area (Å²) < 4.78 is 58.5. The number of nitrogens with zero attached hydrogens (tertiary/aromatic N) is 4. The molecule has 6 rings (SSSR count). The largest absolute Gasteiger partial charge is 0.473 e. The van der Waals surface area contributed by atoms with Crippen LogP contribution in [-0.4, -0.2) is 33.5 Å². The first-order valence-electron chi connectivity index (χ1n) is 14.2. The Morgan fingerprint density at radius 3 is 2.52 bits per heavy atom. The minimum absolute atomic E-state index is 0.0389. The number of hydrogen-bond donors (Lipinski definition) is 0. The van der Waals surface area contributed by atoms with Gasteiger partial charge in [0.05, 0.1) is 28.4 Å². The van der Waals surface area contributed by atoms with Gasteiger partial charge < -0.3 is 14.0 Å². The lowest BCUT2D eigenvalue weighted by molar-refractivity contribution is 0.0699. The number of hydrogen-bond acceptors (Lipinski definition) is 6. The predicted octanol–water partition coefficient (Wildman–Crippen LogP) is 7.11. The smallest absolute Gasteiger partial charge is 0.214 e. The first kappa shape index (κ1) is 29.1. The van der Waals surface area contributed by atoms with E-state index in [2.05, 4.69) is 4.98 Å². The summed E-state index contributed by atoms with van der Waals surface area (Å²) >= 11 is 0. The van der Waals surface area contributed by atoms with Crippen molar-refractivity contribution in [2.24, 2.45) is 0 Å². The zero-order chi connectivity index (χ0) is 30.8. The Balaban J connectivity index is 1.28. The molecule has 1 aliphatic rings. The van der Waals surface area contributed by atoms with Gasteiger partial charge in [0.15, 0.2) is 5.78 Å². The van der Waals surface area contributed by atoms with Crippen molar-refractivity contribution in [2.75, 3.05) is 13.2 Å². The molecule has 3 aromatic carbocycles. The molecule has 2 aromatic heterocycles. The standard InChI is InChI=1S/C34H27F3N4O3/c1-20(42)22-7-8-31-32(15-22)41(25-9-11-43-12-10-25)33(39-31)16-24-14-29(37)26(17-28(24)36)30-3-2-4-34(40-30)44-19-23-6-5-21(18-38)13-27(23)35/h2-8,13-15,17,25H,9-12,16,19H2,1H3. The van der Waals surface area contributed by atoms with Gasteiger partial charge in [0.2, 0.25) is 5.88 Å². The van der Waals surface area contributed by atoms with Gasteiger partial charge in [0.25, 0.3) is 0 Å². The third-order valence-corrected chi connectivity index (χ3v) is 7.77. The lowest BCUT2D eigenvalue weighted by atomic mass is 10.0. The van der Waals surface area contributed by atoms with E-state index in [-0.39, 0.29) is 58.7 Å². The van der Waals surface area contributed by atoms with Crippen LogP contribution in [0.5, 0.6) is 5.88 Å². The average Bonchev–Trinajstić information content (AvgIpc) is 3.39. The van der Waals surface area contributed by atoms with E-state index < -0.39 is 17.5 Å². The zero-order valence-electron chi connectivity index (χ0n) is 23.8. The van der Waals surface area contributed by atoms with Crippen LogP contribution >= 0.6 is 0 Å². The first-order valence-corrected chi connectivity index (χ1v) is 14.2. The summed E-state index contributed by atoms with van der Waals surface area (Å²) in [6.45, 7) is 2.49. The Bertz CT molecular complexity index is 1930. The summed E-state index contributed by atoms with van der Waals surface area (Å²) in [5, 5.41) is 8.92. The highest BCUT2D eigenvalue weighted by atomic mass is 19.1. The molecule has 0 saturated carbocycles. The van der Waals surface area contributed by atoms with Crippen molar-refractivity contribution in [1.82, 2.24) is 14.5 Å². The minimum atomic E-state index is -0.670. The van der Waals surface area contributed by atoms with Gasteiger partial charge in [-0.3, -0.25) is 4.79 Å². The first-order chi connectivity index (χ1) is 21.3. The summed E-state index contributed by atoms with van der Waals surface area (Å²) in [5.41, 5.74) is 2.65. The molecule has 0 amide bonds. The number of ketones is 1. The molecule has 0 atom stereocenters. The van der Waals surface area contributed by atoms with Crippen molar-refractivity contribution in [3.8, 4) is 23.2 Å². The van der Waals surface area contributed by atoms with Gasteiger partial charge in [0.1, 0.15) is 29.9 Å². The van der Waals surface area contributed by atoms with E-state index in [0.29, 0.717) is 30.1 Å². The van der Waals surface area contributed by atoms with Gasteiger partial charge >= 0.3 is 0 Å². The van der Waals surface area contributed by atoms with E-state index in [0.717, 1.165) is 36.6 Å². The second-order valence-electron chi connectivity index (χ2n) is 10.7. The number of ether oxygens (including phenoxy) is 2. The number of pyridine rings is 1. The fourth-order valence-corrected chi connectivity index (χ4v) is 5.46. The fourth-order valence-electron chi connectivity index (χ4n) is 5.46. The van der Waals surface area contributed by atoms with Crippen molar-refractivity contribution < 1.29 is 27.4 Å². The van der Waals surface area contributed by atoms with Gasteiger partial charge in [0, 0.05) is 48.4 Å². The Morgan fingerprint density at radius 2 is 1.77 bits per heavy atom. The predicted molar refractivity (Wildman–Crippen MR) is 157 cm³/mol. The summed E-state index contributed by atoms with van der Waals surface area (Å²) in [4.78, 5) is 21.1. The van der Waals surface area contributed by atoms with Crippen molar-refractivity contribution >= 4 is 16.8 Å². The van der Waals surface area contributed by atoms with E-state index in [4.69, 9.17) is 19.7 Å². The normalized spacial score (nSPS) is 13.6. The van der Waals surface area contributed by atoms with Gasteiger partial charge in [-0.25, -0.2) is 23.1 Å². The Morgan fingerprint density at radius 1 is 0.977 bits per heavy atom. The number of Topliss-reactive ketones (excluding diaryl/α,β-unsaturated/α-hetero) is 1. The van der Waals surface area contributed by atoms with Crippen molar-refractivity contribution in [1.29, 1.82) is 5.26 Å². The molecule has 3 heterocycles. The lowest BCUT2D eigenvalue weighted by Gasteiger charge is -2.26. The van der Waals surface area contributed by atoms with Crippen LogP contribution in [0.3, 0.4) is 0 Å². The quantitative estimate of drug-likeness (QED) is 0.177. The molecule has 5 aromatic rings. The molecule has 0 unspecified atom stereocenters. The van der Waals surface area contributed by atoms with E-state index in [1.165, 1.54) is 31.2 Å². The monoisotopic (exact) mass is 596 g/mol. The molecule has 0 radical (unpaired) electrons. The van der Waals surface area contributed by atoms with Gasteiger partial charge in [-0.1, -0.05) is 12.1 Å². The van der Waals surface area contributed by atoms with Crippen LogP contribution in [0.2, 0.25) is 0 Å². The number of carbonyl (C=O) groups excluding carboxylic acids is 1. The Hall–Kier alpha value is -5.01. The molecule has 1 fully saturated rings. The number of imidazole rings is 1. The highest BCUT2D eigenvalue weighted by molar-refractivity contribution is 5.97. The summed E-state index contributed by atoms with van der Waals surface area (Å²) in [5.74, 6) is -1.27. The van der Waals surface area contributed by atoms with Gasteiger partial charge in [-0.05, 0) is 73.9 Å². The molecule has 0 aliphatic carbocycles. The fraction of sp³-hybridized carbons (Fsp3) is 0.235. The van der Waals surface area contributed by atoms with Gasteiger partial charge in [-0.2, -0.15) is 5.26 Å². The molecule has 44 heavy (non-hydrogen) atoms. The SMILES string of the molecule is CC(=O)c1ccc2nc(Cc3cc(F)c(-c4cccc(OCc5ccc(C#N)cc5F)n4)cc3F)n(C3CCOCC3)c2c1. The van der Waals surface area contributed by atoms with Crippen molar-refractivity contribution in [2.45, 2.75) is 38.8 Å². The van der Waals surface area contributed by atoms with Crippen LogP contribution in [0, 0.1) is 28.8 Å². The topological polar surface area (TPSA) is 90.0 Å². The lowest BCUT2D eigenvalue weighted by Crippen LogP contribution is -2.21. The highest BCUT2D eigenvalue weighted by Gasteiger charge is 2.24. The summed E-state index contributed by atoms with van der Waals surface area (Å²) in [6.07, 6.45) is 1.51. The highest BCUT2D eigenvalue weighted by Crippen LogP contribution is 2.32. The van der Waals surface area contributed by atoms with Crippen molar-refractivity contribution in [3.63, 3.8) is 0 Å². The molecule has 1 saturated heterocycles. The molecule has 0 bridgehead atoms. The average molecular weight is 597 g/mol. The van der Waals surface area contributed by atoms with Crippen LogP contribution in [0.25, 0.3) is 22.3 Å². The second kappa shape index (κ2) is 12.3. The summed E-state index contributed by atoms with van der Waals surface area (Å²) in [7, 11) is 0. The number of rotatable bonds is 8. The van der Waals surface area contributed by atoms with Crippen LogP contribution in [0.15, 0.2) is 66.7 Å². The zero-order valence-corrected chi connectivity index (χ0v) is 23.8. The van der Waals surface area contributed by atoms with Crippen molar-refractivity contribution in [3.05, 3.63) is 112 Å². The molecular formula is C34H27F3N4O3. The third kappa shape index (κ3) is 5.92. The van der Waals surface area contributed by atoms with E-state index in [9.17, 15) is 9.18 Å². The molecule has 10 heteroatoms. The van der Waals surface area contributed by atoms with Crippen LogP contribution in [-0.2, 0) is 17.8 Å². The number of nitriles is 1. The summed E-state index contributed by atoms with van der Waals surface area (Å²) in [6, 6.07) is 18.2. The van der Waals surface area contributed by atoms with E-state index >= 15 is 8.78 Å². The number of benzene rings is 3. The number of carbonyl (C=O) groups is 1. The molecular weight excluding hydrogens is 569 g/mol. The van der Waals surface area contributed by atoms with E-state index in [1.807, 2.05) is 10.6 Å². The number of aromatic nitrogens is 3. The third-order valence-electron chi connectivity index (χ3n) is 7.77. The maximum atomic E-state index is 15.6. The molecule has 222 valence electrons. The molecule has 7 nitrogen and oxygen atoms in total. The Labute approximate surface area is 251 Å². The molecule has 0 N–H and O–H groups in total. The van der Waals surface area contributed by atoms with Gasteiger partial charge in [-0.15, -0.1) is 0 Å². The molecule has 1 aliphatic heterocycles. The Kier molecular flexibility index (Phi) is 8.13. The maximum Gasteiger partial charge on any atom is 0.214 e. The van der Waals surface area contributed by atoms with Crippen LogP contribution in [0.1, 0.15) is 58.7 Å². The number of fused-ring (bicyclic) bond motifs is 1. The maximum absolute atomic E-state index is 15.6.